The second-order valence-electron chi connectivity index (χ2n) is 5.63. The Kier molecular flexibility index (Phi) is 5.17. The summed E-state index contributed by atoms with van der Waals surface area (Å²) in [5.74, 6) is 0.546. The van der Waals surface area contributed by atoms with Gasteiger partial charge in [-0.1, -0.05) is 26.2 Å². The normalized spacial score (nSPS) is 19.6. The monoisotopic (exact) mass is 296 g/mol. The molecule has 0 aliphatic carbocycles. The smallest absolute Gasteiger partial charge is 0.334 e. The molecule has 0 saturated carbocycles. The number of nitrogens with zero attached hydrogens (tertiary/aromatic N) is 4. The SMILES string of the molecule is CCCc1nn(C)c(N2CCCCCC2CO)c1[N+](=O)[O-]. The fourth-order valence-corrected chi connectivity index (χ4v) is 3.12. The Labute approximate surface area is 124 Å². The molecule has 1 saturated heterocycles. The van der Waals surface area contributed by atoms with E-state index in [2.05, 4.69) is 5.10 Å². The lowest BCUT2D eigenvalue weighted by atomic mass is 10.1. The lowest BCUT2D eigenvalue weighted by Crippen LogP contribution is -2.39. The maximum Gasteiger partial charge on any atom is 0.334 e. The van der Waals surface area contributed by atoms with Gasteiger partial charge in [0.2, 0.25) is 5.82 Å². The van der Waals surface area contributed by atoms with E-state index in [1.54, 1.807) is 11.7 Å². The molecule has 7 heteroatoms. The lowest BCUT2D eigenvalue weighted by Gasteiger charge is -2.29. The summed E-state index contributed by atoms with van der Waals surface area (Å²) in [6.45, 7) is 2.74. The van der Waals surface area contributed by atoms with Crippen molar-refractivity contribution in [2.75, 3.05) is 18.1 Å². The van der Waals surface area contributed by atoms with Crippen LogP contribution in [0.15, 0.2) is 0 Å². The first-order valence-corrected chi connectivity index (χ1v) is 7.67. The summed E-state index contributed by atoms with van der Waals surface area (Å²) in [5.41, 5.74) is 0.653. The van der Waals surface area contributed by atoms with Gasteiger partial charge in [0.25, 0.3) is 0 Å². The number of rotatable bonds is 5. The maximum atomic E-state index is 11.5. The van der Waals surface area contributed by atoms with Crippen molar-refractivity contribution >= 4 is 11.5 Å². The van der Waals surface area contributed by atoms with Crippen molar-refractivity contribution in [1.82, 2.24) is 9.78 Å². The molecule has 1 N–H and O–H groups in total. The number of aliphatic hydroxyl groups is 1. The Balaban J connectivity index is 2.47. The van der Waals surface area contributed by atoms with Crippen molar-refractivity contribution in [2.24, 2.45) is 7.05 Å². The zero-order chi connectivity index (χ0) is 15.4. The minimum Gasteiger partial charge on any atom is -0.394 e. The third-order valence-corrected chi connectivity index (χ3v) is 4.09. The van der Waals surface area contributed by atoms with Crippen molar-refractivity contribution in [3.63, 3.8) is 0 Å². The van der Waals surface area contributed by atoms with Crippen LogP contribution in [0.2, 0.25) is 0 Å². The number of anilines is 1. The van der Waals surface area contributed by atoms with Gasteiger partial charge in [0.15, 0.2) is 0 Å². The average Bonchev–Trinajstić information content (AvgIpc) is 2.63. The molecular formula is C14H24N4O3. The summed E-state index contributed by atoms with van der Waals surface area (Å²) in [6.07, 6.45) is 5.42. The second-order valence-corrected chi connectivity index (χ2v) is 5.63. The molecular weight excluding hydrogens is 272 g/mol. The number of aromatic nitrogens is 2. The van der Waals surface area contributed by atoms with E-state index in [-0.39, 0.29) is 23.3 Å². The van der Waals surface area contributed by atoms with Crippen LogP contribution in [0.4, 0.5) is 11.5 Å². The zero-order valence-electron chi connectivity index (χ0n) is 12.8. The van der Waals surface area contributed by atoms with E-state index in [1.807, 2.05) is 11.8 Å². The Bertz CT molecular complexity index is 501. The van der Waals surface area contributed by atoms with Gasteiger partial charge in [0.05, 0.1) is 17.6 Å². The highest BCUT2D eigenvalue weighted by atomic mass is 16.6. The van der Waals surface area contributed by atoms with Gasteiger partial charge in [-0.25, -0.2) is 4.68 Å². The molecule has 21 heavy (non-hydrogen) atoms. The van der Waals surface area contributed by atoms with Crippen molar-refractivity contribution < 1.29 is 10.0 Å². The van der Waals surface area contributed by atoms with Gasteiger partial charge in [-0.05, 0) is 19.3 Å². The molecule has 7 nitrogen and oxygen atoms in total. The van der Waals surface area contributed by atoms with Crippen LogP contribution < -0.4 is 4.90 Å². The quantitative estimate of drug-likeness (QED) is 0.664. The van der Waals surface area contributed by atoms with Crippen LogP contribution in [0.3, 0.4) is 0 Å². The van der Waals surface area contributed by atoms with E-state index in [0.717, 1.165) is 38.6 Å². The van der Waals surface area contributed by atoms with Crippen LogP contribution in [0.1, 0.15) is 44.7 Å². The first-order chi connectivity index (χ1) is 10.1. The third kappa shape index (κ3) is 3.18. The summed E-state index contributed by atoms with van der Waals surface area (Å²) < 4.78 is 1.61. The Morgan fingerprint density at radius 2 is 2.19 bits per heavy atom. The fraction of sp³-hybridized carbons (Fsp3) is 0.786. The molecule has 1 aromatic heterocycles. The van der Waals surface area contributed by atoms with Crippen molar-refractivity contribution in [3.05, 3.63) is 15.8 Å². The summed E-state index contributed by atoms with van der Waals surface area (Å²) in [7, 11) is 1.75. The minimum atomic E-state index is -0.327. The summed E-state index contributed by atoms with van der Waals surface area (Å²) >= 11 is 0. The van der Waals surface area contributed by atoms with Gasteiger partial charge in [-0.15, -0.1) is 0 Å². The Morgan fingerprint density at radius 3 is 2.81 bits per heavy atom. The van der Waals surface area contributed by atoms with Crippen molar-refractivity contribution in [2.45, 2.75) is 51.5 Å². The van der Waals surface area contributed by atoms with E-state index >= 15 is 0 Å². The van der Waals surface area contributed by atoms with Crippen LogP contribution in [0.5, 0.6) is 0 Å². The molecule has 0 radical (unpaired) electrons. The topological polar surface area (TPSA) is 84.4 Å². The van der Waals surface area contributed by atoms with Crippen molar-refractivity contribution in [3.8, 4) is 0 Å². The Hall–Kier alpha value is -1.63. The highest BCUT2D eigenvalue weighted by Crippen LogP contribution is 2.35. The molecule has 1 unspecified atom stereocenters. The van der Waals surface area contributed by atoms with Gasteiger partial charge in [-0.2, -0.15) is 5.10 Å². The molecule has 2 heterocycles. The number of hydrogen-bond acceptors (Lipinski definition) is 5. The third-order valence-electron chi connectivity index (χ3n) is 4.09. The van der Waals surface area contributed by atoms with Crippen molar-refractivity contribution in [1.29, 1.82) is 0 Å². The highest BCUT2D eigenvalue weighted by Gasteiger charge is 2.33. The summed E-state index contributed by atoms with van der Waals surface area (Å²) in [4.78, 5) is 13.2. The molecule has 0 spiro atoms. The number of nitro groups is 1. The first kappa shape index (κ1) is 15.8. The summed E-state index contributed by atoms with van der Waals surface area (Å²) in [5, 5.41) is 25.5. The predicted octanol–water partition coefficient (Wildman–Crippen LogP) is 2.02. The first-order valence-electron chi connectivity index (χ1n) is 7.67. The second kappa shape index (κ2) is 6.89. The molecule has 0 aromatic carbocycles. The van der Waals surface area contributed by atoms with Gasteiger partial charge in [-0.3, -0.25) is 10.1 Å². The van der Waals surface area contributed by atoms with Crippen LogP contribution >= 0.6 is 0 Å². The molecule has 0 bridgehead atoms. The predicted molar refractivity (Wildman–Crippen MR) is 80.5 cm³/mol. The molecule has 1 fully saturated rings. The van der Waals surface area contributed by atoms with Crippen LogP contribution in [-0.2, 0) is 13.5 Å². The number of hydrogen-bond donors (Lipinski definition) is 1. The molecule has 1 aliphatic heterocycles. The van der Waals surface area contributed by atoms with E-state index in [9.17, 15) is 15.2 Å². The maximum absolute atomic E-state index is 11.5. The largest absolute Gasteiger partial charge is 0.394 e. The molecule has 2 rings (SSSR count). The van der Waals surface area contributed by atoms with E-state index < -0.39 is 0 Å². The van der Waals surface area contributed by atoms with E-state index in [1.165, 1.54) is 0 Å². The highest BCUT2D eigenvalue weighted by molar-refractivity contribution is 5.62. The standard InChI is InChI=1S/C14H24N4O3/c1-3-7-12-13(18(20)21)14(16(2)15-12)17-9-6-4-5-8-11(17)10-19/h11,19H,3-10H2,1-2H3. The molecule has 1 aromatic rings. The van der Waals surface area contributed by atoms with Crippen LogP contribution in [0.25, 0.3) is 0 Å². The van der Waals surface area contributed by atoms with Gasteiger partial charge in [0.1, 0.15) is 5.69 Å². The van der Waals surface area contributed by atoms with Gasteiger partial charge >= 0.3 is 5.69 Å². The average molecular weight is 296 g/mol. The fourth-order valence-electron chi connectivity index (χ4n) is 3.12. The van der Waals surface area contributed by atoms with Crippen LogP contribution in [-0.4, -0.2) is 39.0 Å². The lowest BCUT2D eigenvalue weighted by molar-refractivity contribution is -0.384. The Morgan fingerprint density at radius 1 is 1.43 bits per heavy atom. The number of aryl methyl sites for hydroxylation is 2. The van der Waals surface area contributed by atoms with E-state index in [0.29, 0.717) is 17.9 Å². The van der Waals surface area contributed by atoms with Crippen LogP contribution in [0, 0.1) is 10.1 Å². The van der Waals surface area contributed by atoms with Gasteiger partial charge in [0, 0.05) is 13.6 Å². The van der Waals surface area contributed by atoms with Gasteiger partial charge < -0.3 is 10.0 Å². The molecule has 1 aliphatic rings. The number of aliphatic hydroxyl groups excluding tert-OH is 1. The van der Waals surface area contributed by atoms with E-state index in [4.69, 9.17) is 0 Å². The summed E-state index contributed by atoms with van der Waals surface area (Å²) in [6, 6.07) is -0.0592. The molecule has 1 atom stereocenters. The molecule has 0 amide bonds. The minimum absolute atomic E-state index is 0.0193. The molecule has 118 valence electrons. The zero-order valence-corrected chi connectivity index (χ0v) is 12.8.